The standard InChI is InChI=1S/C15H16O3SSe/c1-13-7-9-14(10-8-13)19(16,17)18-11-12-20-15-5-3-2-4-6-15/h2-10H,11-12H2,1H3. The summed E-state index contributed by atoms with van der Waals surface area (Å²) < 4.78 is 30.2. The van der Waals surface area contributed by atoms with Crippen molar-refractivity contribution >= 4 is 29.5 Å². The number of hydrogen-bond donors (Lipinski definition) is 0. The van der Waals surface area contributed by atoms with Crippen molar-refractivity contribution in [3.63, 3.8) is 0 Å². The van der Waals surface area contributed by atoms with E-state index in [-0.39, 0.29) is 26.5 Å². The topological polar surface area (TPSA) is 43.4 Å². The molecule has 0 radical (unpaired) electrons. The van der Waals surface area contributed by atoms with Gasteiger partial charge in [-0.3, -0.25) is 0 Å². The zero-order valence-electron chi connectivity index (χ0n) is 11.2. The van der Waals surface area contributed by atoms with Crippen LogP contribution in [0.5, 0.6) is 0 Å². The van der Waals surface area contributed by atoms with Gasteiger partial charge in [0.25, 0.3) is 0 Å². The molecule has 0 bridgehead atoms. The molecule has 0 N–H and O–H groups in total. The van der Waals surface area contributed by atoms with Gasteiger partial charge in [-0.25, -0.2) is 0 Å². The van der Waals surface area contributed by atoms with E-state index in [1.54, 1.807) is 24.3 Å². The van der Waals surface area contributed by atoms with Crippen LogP contribution in [-0.2, 0) is 14.3 Å². The van der Waals surface area contributed by atoms with Crippen molar-refractivity contribution in [3.8, 4) is 0 Å². The molecule has 0 fully saturated rings. The summed E-state index contributed by atoms with van der Waals surface area (Å²) in [6.45, 7) is 2.14. The zero-order chi connectivity index (χ0) is 14.4. The van der Waals surface area contributed by atoms with Gasteiger partial charge in [-0.2, -0.15) is 0 Å². The molecular weight excluding hydrogens is 339 g/mol. The quantitative estimate of drug-likeness (QED) is 0.453. The maximum absolute atomic E-state index is 11.9. The third-order valence-electron chi connectivity index (χ3n) is 2.64. The Morgan fingerprint density at radius 3 is 2.30 bits per heavy atom. The van der Waals surface area contributed by atoms with Crippen LogP contribution in [0.3, 0.4) is 0 Å². The molecule has 0 aliphatic carbocycles. The first-order chi connectivity index (χ1) is 9.58. The van der Waals surface area contributed by atoms with Gasteiger partial charge in [0.2, 0.25) is 0 Å². The van der Waals surface area contributed by atoms with Crippen LogP contribution in [0, 0.1) is 6.92 Å². The van der Waals surface area contributed by atoms with Gasteiger partial charge in [-0.15, -0.1) is 0 Å². The fraction of sp³-hybridized carbons (Fsp3) is 0.200. The number of rotatable bonds is 6. The molecule has 0 saturated heterocycles. The molecule has 3 nitrogen and oxygen atoms in total. The Morgan fingerprint density at radius 2 is 1.65 bits per heavy atom. The minimum atomic E-state index is -3.62. The molecule has 2 aromatic carbocycles. The molecule has 0 heterocycles. The van der Waals surface area contributed by atoms with Crippen LogP contribution >= 0.6 is 0 Å². The van der Waals surface area contributed by atoms with Crippen LogP contribution in [0.2, 0.25) is 5.32 Å². The SMILES string of the molecule is Cc1ccc(S(=O)(=O)OCC[Se]c2ccccc2)cc1. The second-order valence-electron chi connectivity index (χ2n) is 4.25. The molecule has 5 heteroatoms. The Hall–Kier alpha value is -1.13. The van der Waals surface area contributed by atoms with Crippen LogP contribution in [0.25, 0.3) is 0 Å². The van der Waals surface area contributed by atoms with E-state index in [9.17, 15) is 8.42 Å². The Morgan fingerprint density at radius 1 is 1.00 bits per heavy atom. The molecule has 0 aliphatic heterocycles. The van der Waals surface area contributed by atoms with E-state index in [0.717, 1.165) is 10.9 Å². The van der Waals surface area contributed by atoms with E-state index in [2.05, 4.69) is 12.1 Å². The molecule has 0 unspecified atom stereocenters. The summed E-state index contributed by atoms with van der Waals surface area (Å²) in [5.74, 6) is 0. The molecule has 20 heavy (non-hydrogen) atoms. The zero-order valence-corrected chi connectivity index (χ0v) is 13.7. The van der Waals surface area contributed by atoms with Gasteiger partial charge in [0.15, 0.2) is 0 Å². The summed E-state index contributed by atoms with van der Waals surface area (Å²) in [4.78, 5) is 0.218. The second-order valence-corrected chi connectivity index (χ2v) is 8.32. The van der Waals surface area contributed by atoms with Gasteiger partial charge in [0, 0.05) is 0 Å². The predicted octanol–water partition coefficient (Wildman–Crippen LogP) is 2.15. The Bertz CT molecular complexity index is 637. The van der Waals surface area contributed by atoms with Crippen molar-refractivity contribution in [2.75, 3.05) is 6.61 Å². The second kappa shape index (κ2) is 7.04. The third kappa shape index (κ3) is 4.46. The Kier molecular flexibility index (Phi) is 5.37. The fourth-order valence-electron chi connectivity index (χ4n) is 1.59. The van der Waals surface area contributed by atoms with Gasteiger partial charge in [-0.05, 0) is 0 Å². The van der Waals surface area contributed by atoms with E-state index in [4.69, 9.17) is 4.18 Å². The van der Waals surface area contributed by atoms with E-state index in [1.165, 1.54) is 4.46 Å². The molecule has 0 amide bonds. The van der Waals surface area contributed by atoms with Crippen LogP contribution < -0.4 is 4.46 Å². The number of hydrogen-bond acceptors (Lipinski definition) is 3. The summed E-state index contributed by atoms with van der Waals surface area (Å²) >= 11 is 0.240. The number of benzene rings is 2. The van der Waals surface area contributed by atoms with Crippen LogP contribution in [0.1, 0.15) is 5.56 Å². The van der Waals surface area contributed by atoms with E-state index in [1.807, 2.05) is 25.1 Å². The monoisotopic (exact) mass is 356 g/mol. The minimum absolute atomic E-state index is 0.218. The first-order valence-corrected chi connectivity index (χ1v) is 9.69. The molecule has 0 saturated carbocycles. The predicted molar refractivity (Wildman–Crippen MR) is 81.0 cm³/mol. The summed E-state index contributed by atoms with van der Waals surface area (Å²) in [5, 5.41) is 0.738. The fourth-order valence-corrected chi connectivity index (χ4v) is 4.32. The van der Waals surface area contributed by atoms with E-state index in [0.29, 0.717) is 0 Å². The van der Waals surface area contributed by atoms with Crippen molar-refractivity contribution in [2.24, 2.45) is 0 Å². The van der Waals surface area contributed by atoms with Crippen LogP contribution in [0.4, 0.5) is 0 Å². The van der Waals surface area contributed by atoms with E-state index >= 15 is 0 Å². The van der Waals surface area contributed by atoms with Crippen molar-refractivity contribution < 1.29 is 12.6 Å². The van der Waals surface area contributed by atoms with Crippen molar-refractivity contribution in [3.05, 3.63) is 60.2 Å². The molecule has 2 rings (SSSR count). The summed E-state index contributed by atoms with van der Waals surface area (Å²) in [7, 11) is -3.62. The average molecular weight is 355 g/mol. The van der Waals surface area contributed by atoms with E-state index < -0.39 is 10.1 Å². The molecule has 2 aromatic rings. The Balaban J connectivity index is 1.85. The third-order valence-corrected chi connectivity index (χ3v) is 6.02. The summed E-state index contributed by atoms with van der Waals surface area (Å²) in [5.41, 5.74) is 1.02. The maximum atomic E-state index is 11.9. The van der Waals surface area contributed by atoms with Crippen molar-refractivity contribution in [1.82, 2.24) is 0 Å². The summed E-state index contributed by atoms with van der Waals surface area (Å²) in [6.07, 6.45) is 0. The van der Waals surface area contributed by atoms with Crippen LogP contribution in [0.15, 0.2) is 59.5 Å². The number of aryl methyl sites for hydroxylation is 1. The molecule has 0 aliphatic rings. The molecular formula is C15H16O3SSe. The first kappa shape index (κ1) is 15.3. The molecule has 0 atom stereocenters. The van der Waals surface area contributed by atoms with Gasteiger partial charge in [0.1, 0.15) is 0 Å². The summed E-state index contributed by atoms with van der Waals surface area (Å²) in [6, 6.07) is 16.7. The molecule has 0 spiro atoms. The van der Waals surface area contributed by atoms with Gasteiger partial charge in [-0.1, -0.05) is 0 Å². The molecule has 0 aromatic heterocycles. The van der Waals surface area contributed by atoms with Crippen LogP contribution in [-0.4, -0.2) is 30.0 Å². The van der Waals surface area contributed by atoms with Gasteiger partial charge in [0.05, 0.1) is 0 Å². The normalized spacial score (nSPS) is 11.4. The first-order valence-electron chi connectivity index (χ1n) is 6.22. The molecule has 106 valence electrons. The van der Waals surface area contributed by atoms with Gasteiger partial charge < -0.3 is 0 Å². The van der Waals surface area contributed by atoms with Crippen molar-refractivity contribution in [1.29, 1.82) is 0 Å². The van der Waals surface area contributed by atoms with Gasteiger partial charge >= 0.3 is 126 Å². The van der Waals surface area contributed by atoms with Crippen molar-refractivity contribution in [2.45, 2.75) is 17.1 Å². The Labute approximate surface area is 126 Å². The average Bonchev–Trinajstić information content (AvgIpc) is 2.45.